The number of hydrogen-bond acceptors (Lipinski definition) is 9. The van der Waals surface area contributed by atoms with Crippen LogP contribution < -0.4 is 16.4 Å². The molecule has 2 aromatic carbocycles. The number of ether oxygens (including phenoxy) is 1. The minimum Gasteiger partial charge on any atom is -0.398 e. The van der Waals surface area contributed by atoms with Crippen molar-refractivity contribution in [2.24, 2.45) is 11.7 Å². The molecule has 232 valence electrons. The summed E-state index contributed by atoms with van der Waals surface area (Å²) < 4.78 is 6.01. The van der Waals surface area contributed by atoms with Crippen molar-refractivity contribution >= 4 is 45.8 Å². The van der Waals surface area contributed by atoms with E-state index in [9.17, 15) is 9.59 Å². The molecule has 2 aliphatic heterocycles. The molecule has 5 N–H and O–H groups in total. The topological polar surface area (TPSA) is 142 Å². The molecular formula is C33H41N7O3S. The molecule has 11 heteroatoms. The fourth-order valence-electron chi connectivity index (χ4n) is 5.79. The molecule has 3 heterocycles. The van der Waals surface area contributed by atoms with Crippen LogP contribution in [0.3, 0.4) is 0 Å². The molecule has 5 rings (SSSR count). The lowest BCUT2D eigenvalue weighted by atomic mass is 9.98. The zero-order valence-corrected chi connectivity index (χ0v) is 26.2. The molecule has 1 atom stereocenters. The lowest BCUT2D eigenvalue weighted by Crippen LogP contribution is -2.38. The molecule has 2 amide bonds. The first-order chi connectivity index (χ1) is 21.2. The minimum absolute atomic E-state index is 0.0813. The quantitative estimate of drug-likeness (QED) is 0.159. The Kier molecular flexibility index (Phi) is 10.2. The molecule has 1 saturated heterocycles. The summed E-state index contributed by atoms with van der Waals surface area (Å²) in [6.07, 6.45) is 5.65. The van der Waals surface area contributed by atoms with Crippen molar-refractivity contribution in [1.29, 1.82) is 5.41 Å². The van der Waals surface area contributed by atoms with Crippen molar-refractivity contribution in [1.82, 2.24) is 14.8 Å². The summed E-state index contributed by atoms with van der Waals surface area (Å²) in [6.45, 7) is 9.70. The number of thiazole rings is 1. The second-order valence-corrected chi connectivity index (χ2v) is 12.5. The fraction of sp³-hybridized carbons (Fsp3) is 0.394. The number of carbonyl (C=O) groups is 2. The fourth-order valence-corrected chi connectivity index (χ4v) is 6.53. The van der Waals surface area contributed by atoms with Crippen LogP contribution in [0.15, 0.2) is 54.7 Å². The molecule has 44 heavy (non-hydrogen) atoms. The lowest BCUT2D eigenvalue weighted by Gasteiger charge is -2.27. The van der Waals surface area contributed by atoms with Crippen molar-refractivity contribution in [3.63, 3.8) is 0 Å². The van der Waals surface area contributed by atoms with Crippen LogP contribution in [0, 0.1) is 18.3 Å². The van der Waals surface area contributed by atoms with Gasteiger partial charge in [-0.2, -0.15) is 0 Å². The minimum atomic E-state index is -0.412. The molecular weight excluding hydrogens is 574 g/mol. The van der Waals surface area contributed by atoms with E-state index < -0.39 is 5.91 Å². The van der Waals surface area contributed by atoms with Gasteiger partial charge in [-0.15, -0.1) is 11.3 Å². The summed E-state index contributed by atoms with van der Waals surface area (Å²) in [5.74, 6) is -0.390. The van der Waals surface area contributed by atoms with Gasteiger partial charge < -0.3 is 26.0 Å². The Morgan fingerprint density at radius 3 is 2.61 bits per heavy atom. The first-order valence-corrected chi connectivity index (χ1v) is 15.9. The van der Waals surface area contributed by atoms with E-state index in [2.05, 4.69) is 20.9 Å². The highest BCUT2D eigenvalue weighted by Crippen LogP contribution is 2.28. The Hall–Kier alpha value is -3.90. The normalized spacial score (nSPS) is 17.4. The number of nitrogens with zero attached hydrogens (tertiary/aromatic N) is 4. The van der Waals surface area contributed by atoms with Gasteiger partial charge in [-0.3, -0.25) is 19.9 Å². The van der Waals surface area contributed by atoms with Gasteiger partial charge in [0.15, 0.2) is 0 Å². The number of nitrogen functional groups attached to an aromatic ring is 1. The van der Waals surface area contributed by atoms with Crippen molar-refractivity contribution in [3.8, 4) is 0 Å². The van der Waals surface area contributed by atoms with Crippen molar-refractivity contribution in [3.05, 3.63) is 81.3 Å². The maximum atomic E-state index is 13.6. The molecule has 2 aliphatic rings. The Bertz CT molecular complexity index is 1530. The summed E-state index contributed by atoms with van der Waals surface area (Å²) in [6, 6.07) is 13.0. The third-order valence-corrected chi connectivity index (χ3v) is 9.28. The van der Waals surface area contributed by atoms with Gasteiger partial charge in [0, 0.05) is 61.4 Å². The molecule has 0 bridgehead atoms. The maximum Gasteiger partial charge on any atom is 0.248 e. The molecule has 0 spiro atoms. The zero-order chi connectivity index (χ0) is 31.2. The largest absolute Gasteiger partial charge is 0.398 e. The molecule has 0 saturated carbocycles. The van der Waals surface area contributed by atoms with Crippen LogP contribution in [-0.2, 0) is 9.53 Å². The molecule has 1 fully saturated rings. The third-order valence-electron chi connectivity index (χ3n) is 8.35. The van der Waals surface area contributed by atoms with Crippen LogP contribution in [0.1, 0.15) is 51.1 Å². The summed E-state index contributed by atoms with van der Waals surface area (Å²) in [5.41, 5.74) is 16.7. The third kappa shape index (κ3) is 7.41. The first kappa shape index (κ1) is 31.5. The van der Waals surface area contributed by atoms with E-state index in [0.29, 0.717) is 49.0 Å². The zero-order valence-electron chi connectivity index (χ0n) is 25.4. The van der Waals surface area contributed by atoms with Crippen LogP contribution in [0.5, 0.6) is 0 Å². The van der Waals surface area contributed by atoms with Crippen LogP contribution in [0.25, 0.3) is 5.57 Å². The van der Waals surface area contributed by atoms with Crippen molar-refractivity contribution in [2.45, 2.75) is 26.7 Å². The number of carbonyl (C=O) groups excluding carboxylic acids is 2. The van der Waals surface area contributed by atoms with Crippen LogP contribution in [0.2, 0.25) is 0 Å². The van der Waals surface area contributed by atoms with Gasteiger partial charge in [0.25, 0.3) is 0 Å². The molecule has 1 aromatic heterocycles. The first-order valence-electron chi connectivity index (χ1n) is 15.1. The van der Waals surface area contributed by atoms with Crippen LogP contribution in [-0.4, -0.2) is 84.9 Å². The molecule has 3 aromatic rings. The van der Waals surface area contributed by atoms with Gasteiger partial charge in [-0.25, -0.2) is 4.98 Å². The summed E-state index contributed by atoms with van der Waals surface area (Å²) in [5, 5.41) is 9.57. The second kappa shape index (κ2) is 14.3. The van der Waals surface area contributed by atoms with E-state index in [1.807, 2.05) is 43.0 Å². The Morgan fingerprint density at radius 2 is 1.95 bits per heavy atom. The number of nitrogens with one attached hydrogen (secondary N) is 1. The van der Waals surface area contributed by atoms with Crippen molar-refractivity contribution in [2.75, 3.05) is 63.2 Å². The highest BCUT2D eigenvalue weighted by atomic mass is 32.1. The van der Waals surface area contributed by atoms with Gasteiger partial charge in [-0.05, 0) is 74.7 Å². The van der Waals surface area contributed by atoms with Gasteiger partial charge in [0.2, 0.25) is 11.8 Å². The molecule has 10 nitrogen and oxygen atoms in total. The van der Waals surface area contributed by atoms with Gasteiger partial charge in [-0.1, -0.05) is 18.2 Å². The Balaban J connectivity index is 1.08. The van der Waals surface area contributed by atoms with Gasteiger partial charge in [0.05, 0.1) is 34.9 Å². The monoisotopic (exact) mass is 615 g/mol. The Morgan fingerprint density at radius 1 is 1.16 bits per heavy atom. The molecule has 0 radical (unpaired) electrons. The number of primary amides is 1. The number of amides is 2. The molecule has 0 unspecified atom stereocenters. The standard InChI is InChI=1S/C33H41N7O3S/c1-3-40(27-8-9-29(34)28(18-27)31(35)30-19-37-22(2)44-30)33(42)26-12-13-38(20-26)16-17-43-21-39-14-10-24(11-15-39)23-4-6-25(7-5-23)32(36)41/h4-10,18-19,26,35H,3,11-17,20-21,34H2,1-2H3,(H2,36,41)/t26-/m1/s1. The van der Waals surface area contributed by atoms with E-state index in [0.717, 1.165) is 60.2 Å². The lowest BCUT2D eigenvalue weighted by molar-refractivity contribution is -0.122. The van der Waals surface area contributed by atoms with E-state index in [-0.39, 0.29) is 11.8 Å². The number of rotatable bonds is 12. The smallest absolute Gasteiger partial charge is 0.248 e. The number of likely N-dealkylation sites (tertiary alicyclic amines) is 1. The predicted molar refractivity (Wildman–Crippen MR) is 176 cm³/mol. The average Bonchev–Trinajstić information content (AvgIpc) is 3.70. The van der Waals surface area contributed by atoms with Crippen LogP contribution >= 0.6 is 11.3 Å². The van der Waals surface area contributed by atoms with E-state index in [4.69, 9.17) is 21.6 Å². The van der Waals surface area contributed by atoms with Gasteiger partial charge in [0.1, 0.15) is 0 Å². The number of anilines is 2. The number of hydrogen-bond donors (Lipinski definition) is 3. The SMILES string of the molecule is CCN(C(=O)[C@@H]1CCN(CCOCN2CC=C(c3ccc(C(N)=O)cc3)CC2)C1)c1ccc(N)c(C(=N)c2cnc(C)s2)c1. The highest BCUT2D eigenvalue weighted by Gasteiger charge is 2.32. The number of nitrogens with two attached hydrogens (primary N) is 2. The maximum absolute atomic E-state index is 13.6. The second-order valence-electron chi connectivity index (χ2n) is 11.3. The number of benzene rings is 2. The Labute approximate surface area is 262 Å². The van der Waals surface area contributed by atoms with E-state index >= 15 is 0 Å². The van der Waals surface area contributed by atoms with Gasteiger partial charge >= 0.3 is 0 Å². The predicted octanol–water partition coefficient (Wildman–Crippen LogP) is 3.99. The molecule has 0 aliphatic carbocycles. The van der Waals surface area contributed by atoms with Crippen molar-refractivity contribution < 1.29 is 14.3 Å². The number of aryl methyl sites for hydroxylation is 1. The summed E-state index contributed by atoms with van der Waals surface area (Å²) >= 11 is 1.46. The van der Waals surface area contributed by atoms with E-state index in [1.165, 1.54) is 16.9 Å². The highest BCUT2D eigenvalue weighted by molar-refractivity contribution is 7.13. The number of aromatic nitrogens is 1. The summed E-state index contributed by atoms with van der Waals surface area (Å²) in [7, 11) is 0. The average molecular weight is 616 g/mol. The van der Waals surface area contributed by atoms with Crippen LogP contribution in [0.4, 0.5) is 11.4 Å². The summed E-state index contributed by atoms with van der Waals surface area (Å²) in [4.78, 5) is 36.3. The van der Waals surface area contributed by atoms with E-state index in [1.54, 1.807) is 24.4 Å².